The van der Waals surface area contributed by atoms with E-state index in [1.54, 1.807) is 11.4 Å². The molecule has 0 unspecified atom stereocenters. The maximum atomic E-state index is 12.0. The van der Waals surface area contributed by atoms with Gasteiger partial charge in [-0.1, -0.05) is 12.1 Å². The van der Waals surface area contributed by atoms with Crippen LogP contribution in [0.25, 0.3) is 0 Å². The first kappa shape index (κ1) is 18.9. The van der Waals surface area contributed by atoms with Crippen molar-refractivity contribution in [2.75, 3.05) is 43.0 Å². The number of nitrogens with zero attached hydrogens (tertiary/aromatic N) is 1. The number of amides is 2. The molecule has 1 aromatic carbocycles. The quantitative estimate of drug-likeness (QED) is 0.764. The number of carbonyl (C=O) groups excluding carboxylic acids is 2. The van der Waals surface area contributed by atoms with Gasteiger partial charge < -0.3 is 15.5 Å². The predicted octanol–water partition coefficient (Wildman–Crippen LogP) is 2.71. The summed E-state index contributed by atoms with van der Waals surface area (Å²) in [6, 6.07) is 9.68. The molecule has 1 saturated heterocycles. The largest absolute Gasteiger partial charge is 0.343 e. The molecule has 0 atom stereocenters. The van der Waals surface area contributed by atoms with Gasteiger partial charge in [0.05, 0.1) is 6.54 Å². The molecule has 0 bridgehead atoms. The Morgan fingerprint density at radius 3 is 2.54 bits per heavy atom. The molecular formula is C19H23N3O2S2. The number of hydrogen-bond donors (Lipinski definition) is 2. The smallest absolute Gasteiger partial charge is 0.252 e. The highest BCUT2D eigenvalue weighted by Gasteiger charge is 2.10. The van der Waals surface area contributed by atoms with E-state index >= 15 is 0 Å². The Hall–Kier alpha value is -1.83. The fourth-order valence-corrected chi connectivity index (χ4v) is 4.34. The molecule has 1 aliphatic rings. The van der Waals surface area contributed by atoms with Crippen LogP contribution in [0.4, 0.5) is 5.69 Å². The summed E-state index contributed by atoms with van der Waals surface area (Å²) in [5, 5.41) is 9.03. The number of anilines is 1. The third-order valence-electron chi connectivity index (χ3n) is 4.25. The molecule has 2 N–H and O–H groups in total. The summed E-state index contributed by atoms with van der Waals surface area (Å²) in [7, 11) is 0. The van der Waals surface area contributed by atoms with E-state index in [9.17, 15) is 9.59 Å². The van der Waals surface area contributed by atoms with Crippen LogP contribution in [0.3, 0.4) is 0 Å². The Labute approximate surface area is 162 Å². The predicted molar refractivity (Wildman–Crippen MR) is 109 cm³/mol. The topological polar surface area (TPSA) is 61.4 Å². The summed E-state index contributed by atoms with van der Waals surface area (Å²) in [4.78, 5) is 26.3. The lowest BCUT2D eigenvalue weighted by Gasteiger charge is -2.26. The molecule has 1 aromatic heterocycles. The molecule has 0 saturated carbocycles. The Morgan fingerprint density at radius 2 is 1.85 bits per heavy atom. The van der Waals surface area contributed by atoms with Crippen LogP contribution in [-0.2, 0) is 11.2 Å². The zero-order valence-corrected chi connectivity index (χ0v) is 16.2. The second-order valence-electron chi connectivity index (χ2n) is 6.14. The second kappa shape index (κ2) is 9.75. The van der Waals surface area contributed by atoms with Crippen molar-refractivity contribution in [3.05, 3.63) is 52.2 Å². The van der Waals surface area contributed by atoms with Crippen LogP contribution in [0.2, 0.25) is 0 Å². The average molecular weight is 390 g/mol. The summed E-state index contributed by atoms with van der Waals surface area (Å²) in [5.41, 5.74) is 2.60. The summed E-state index contributed by atoms with van der Waals surface area (Å²) >= 11 is 3.48. The van der Waals surface area contributed by atoms with Gasteiger partial charge in [0.15, 0.2) is 0 Å². The van der Waals surface area contributed by atoms with Gasteiger partial charge in [-0.25, -0.2) is 0 Å². The third kappa shape index (κ3) is 5.86. The van der Waals surface area contributed by atoms with E-state index in [2.05, 4.69) is 27.7 Å². The zero-order chi connectivity index (χ0) is 18.2. The maximum absolute atomic E-state index is 12.0. The van der Waals surface area contributed by atoms with Crippen molar-refractivity contribution >= 4 is 40.6 Å². The number of hydrogen-bond acceptors (Lipinski definition) is 5. The van der Waals surface area contributed by atoms with Crippen LogP contribution >= 0.6 is 23.1 Å². The molecule has 7 heteroatoms. The standard InChI is InChI=1S/C19H23N3O2S2/c23-18(13-20-19(24)16-6-10-26-14-16)21-17-3-1-15(2-4-17)5-7-22-8-11-25-12-9-22/h1-4,6,10,14H,5,7-9,11-13H2,(H,20,24)(H,21,23). The highest BCUT2D eigenvalue weighted by Crippen LogP contribution is 2.13. The lowest BCUT2D eigenvalue weighted by atomic mass is 10.1. The number of benzene rings is 1. The fourth-order valence-electron chi connectivity index (χ4n) is 2.73. The van der Waals surface area contributed by atoms with Crippen molar-refractivity contribution in [1.29, 1.82) is 0 Å². The van der Waals surface area contributed by atoms with E-state index in [0.717, 1.165) is 18.7 Å². The Kier molecular flexibility index (Phi) is 7.11. The molecular weight excluding hydrogens is 366 g/mol. The third-order valence-corrected chi connectivity index (χ3v) is 5.88. The van der Waals surface area contributed by atoms with E-state index in [4.69, 9.17) is 0 Å². The monoisotopic (exact) mass is 389 g/mol. The Morgan fingerprint density at radius 1 is 1.08 bits per heavy atom. The highest BCUT2D eigenvalue weighted by atomic mass is 32.2. The molecule has 26 heavy (non-hydrogen) atoms. The highest BCUT2D eigenvalue weighted by molar-refractivity contribution is 7.99. The minimum absolute atomic E-state index is 0.0383. The first-order valence-electron chi connectivity index (χ1n) is 8.70. The van der Waals surface area contributed by atoms with Crippen LogP contribution in [-0.4, -0.2) is 54.4 Å². The number of rotatable bonds is 7. The summed E-state index contributed by atoms with van der Waals surface area (Å²) < 4.78 is 0. The lowest BCUT2D eigenvalue weighted by Crippen LogP contribution is -2.34. The van der Waals surface area contributed by atoms with Gasteiger partial charge in [0.2, 0.25) is 5.91 Å². The molecule has 2 heterocycles. The maximum Gasteiger partial charge on any atom is 0.252 e. The van der Waals surface area contributed by atoms with Crippen LogP contribution in [0.1, 0.15) is 15.9 Å². The van der Waals surface area contributed by atoms with Crippen molar-refractivity contribution in [2.24, 2.45) is 0 Å². The van der Waals surface area contributed by atoms with Crippen LogP contribution in [0.15, 0.2) is 41.1 Å². The van der Waals surface area contributed by atoms with Crippen molar-refractivity contribution in [2.45, 2.75) is 6.42 Å². The van der Waals surface area contributed by atoms with Gasteiger partial charge in [-0.2, -0.15) is 23.1 Å². The number of carbonyl (C=O) groups is 2. The Bertz CT molecular complexity index is 711. The summed E-state index contributed by atoms with van der Waals surface area (Å²) in [6.45, 7) is 3.40. The average Bonchev–Trinajstić information content (AvgIpc) is 3.21. The van der Waals surface area contributed by atoms with Crippen molar-refractivity contribution in [3.63, 3.8) is 0 Å². The second-order valence-corrected chi connectivity index (χ2v) is 8.15. The van der Waals surface area contributed by atoms with E-state index in [1.807, 2.05) is 29.3 Å². The van der Waals surface area contributed by atoms with E-state index in [1.165, 1.54) is 41.5 Å². The zero-order valence-electron chi connectivity index (χ0n) is 14.6. The van der Waals surface area contributed by atoms with E-state index in [0.29, 0.717) is 5.56 Å². The van der Waals surface area contributed by atoms with Crippen LogP contribution in [0.5, 0.6) is 0 Å². The first-order valence-corrected chi connectivity index (χ1v) is 10.8. The number of thiophene rings is 1. The SMILES string of the molecule is O=C(CNC(=O)c1ccsc1)Nc1ccc(CCN2CCSCC2)cc1. The van der Waals surface area contributed by atoms with Gasteiger partial charge in [-0.05, 0) is 35.6 Å². The molecule has 138 valence electrons. The molecule has 2 aromatic rings. The minimum atomic E-state index is -0.229. The minimum Gasteiger partial charge on any atom is -0.343 e. The van der Waals surface area contributed by atoms with E-state index in [-0.39, 0.29) is 18.4 Å². The van der Waals surface area contributed by atoms with Crippen LogP contribution in [0, 0.1) is 0 Å². The molecule has 0 aliphatic carbocycles. The lowest BCUT2D eigenvalue weighted by molar-refractivity contribution is -0.115. The Balaban J connectivity index is 1.40. The van der Waals surface area contributed by atoms with Gasteiger partial charge in [-0.15, -0.1) is 0 Å². The van der Waals surface area contributed by atoms with Gasteiger partial charge in [0.25, 0.3) is 5.91 Å². The van der Waals surface area contributed by atoms with Gasteiger partial charge >= 0.3 is 0 Å². The van der Waals surface area contributed by atoms with E-state index < -0.39 is 0 Å². The molecule has 1 fully saturated rings. The molecule has 5 nitrogen and oxygen atoms in total. The van der Waals surface area contributed by atoms with Crippen molar-refractivity contribution in [1.82, 2.24) is 10.2 Å². The molecule has 2 amide bonds. The number of nitrogens with one attached hydrogen (secondary N) is 2. The molecule has 3 rings (SSSR count). The summed E-state index contributed by atoms with van der Waals surface area (Å²) in [6.07, 6.45) is 1.02. The van der Waals surface area contributed by atoms with Gasteiger partial charge in [0.1, 0.15) is 0 Å². The fraction of sp³-hybridized carbons (Fsp3) is 0.368. The normalized spacial score (nSPS) is 14.8. The first-order chi connectivity index (χ1) is 12.7. The van der Waals surface area contributed by atoms with Crippen LogP contribution < -0.4 is 10.6 Å². The van der Waals surface area contributed by atoms with Crippen molar-refractivity contribution < 1.29 is 9.59 Å². The summed E-state index contributed by atoms with van der Waals surface area (Å²) in [5.74, 6) is 2.00. The van der Waals surface area contributed by atoms with Gasteiger partial charge in [0, 0.05) is 47.8 Å². The molecule has 0 spiro atoms. The van der Waals surface area contributed by atoms with Crippen molar-refractivity contribution in [3.8, 4) is 0 Å². The van der Waals surface area contributed by atoms with Gasteiger partial charge in [-0.3, -0.25) is 9.59 Å². The molecule has 1 aliphatic heterocycles. The number of thioether (sulfide) groups is 1. The molecule has 0 radical (unpaired) electrons.